The number of nitrogens with one attached hydrogen (secondary N) is 1. The van der Waals surface area contributed by atoms with Crippen LogP contribution in [0.1, 0.15) is 11.3 Å². The summed E-state index contributed by atoms with van der Waals surface area (Å²) in [5, 5.41) is 10.3. The molecule has 2 heterocycles. The number of benzene rings is 1. The van der Waals surface area contributed by atoms with Crippen LogP contribution in [0.5, 0.6) is 11.5 Å². The van der Waals surface area contributed by atoms with Gasteiger partial charge < -0.3 is 19.6 Å². The van der Waals surface area contributed by atoms with Crippen molar-refractivity contribution < 1.29 is 14.6 Å². The monoisotopic (exact) mass is 325 g/mol. The van der Waals surface area contributed by atoms with Crippen LogP contribution in [0.4, 0.5) is 0 Å². The highest BCUT2D eigenvalue weighted by atomic mass is 16.5. The van der Waals surface area contributed by atoms with Gasteiger partial charge in [0.1, 0.15) is 17.0 Å². The Morgan fingerprint density at radius 2 is 2.00 bits per heavy atom. The van der Waals surface area contributed by atoms with Gasteiger partial charge in [-0.1, -0.05) is 0 Å². The zero-order valence-corrected chi connectivity index (χ0v) is 13.1. The highest BCUT2D eigenvalue weighted by Crippen LogP contribution is 2.30. The van der Waals surface area contributed by atoms with Crippen molar-refractivity contribution >= 4 is 23.0 Å². The van der Waals surface area contributed by atoms with Crippen molar-refractivity contribution in [3.63, 3.8) is 0 Å². The zero-order chi connectivity index (χ0) is 17.1. The SMILES string of the molecule is COc1ccc(/C(O)=C/c2nc3cccnc3[nH]c2=O)cc1OC. The van der Waals surface area contributed by atoms with Gasteiger partial charge in [0.05, 0.1) is 14.2 Å². The Morgan fingerprint density at radius 3 is 2.75 bits per heavy atom. The molecule has 3 rings (SSSR count). The molecule has 122 valence electrons. The molecule has 0 spiro atoms. The number of methoxy groups -OCH3 is 2. The van der Waals surface area contributed by atoms with Crippen LogP contribution in [0.25, 0.3) is 23.0 Å². The Kier molecular flexibility index (Phi) is 4.15. The molecule has 0 atom stereocenters. The minimum Gasteiger partial charge on any atom is -0.507 e. The van der Waals surface area contributed by atoms with Crippen molar-refractivity contribution in [2.75, 3.05) is 14.2 Å². The van der Waals surface area contributed by atoms with Crippen LogP contribution >= 0.6 is 0 Å². The van der Waals surface area contributed by atoms with E-state index in [4.69, 9.17) is 9.47 Å². The van der Waals surface area contributed by atoms with Crippen LogP contribution in [0.15, 0.2) is 41.3 Å². The van der Waals surface area contributed by atoms with Crippen molar-refractivity contribution in [1.82, 2.24) is 15.0 Å². The number of H-pyrrole nitrogens is 1. The lowest BCUT2D eigenvalue weighted by molar-refractivity contribution is 0.354. The highest BCUT2D eigenvalue weighted by molar-refractivity contribution is 5.78. The van der Waals surface area contributed by atoms with Crippen LogP contribution in [0.2, 0.25) is 0 Å². The summed E-state index contributed by atoms with van der Waals surface area (Å²) in [6.45, 7) is 0. The second kappa shape index (κ2) is 6.41. The fourth-order valence-electron chi connectivity index (χ4n) is 2.24. The Bertz CT molecular complexity index is 979. The number of aromatic amines is 1. The van der Waals surface area contributed by atoms with Gasteiger partial charge in [-0.15, -0.1) is 0 Å². The quantitative estimate of drug-likeness (QED) is 0.715. The minimum atomic E-state index is -0.437. The molecule has 0 amide bonds. The second-order valence-electron chi connectivity index (χ2n) is 4.92. The van der Waals surface area contributed by atoms with Crippen LogP contribution in [-0.2, 0) is 0 Å². The maximum Gasteiger partial charge on any atom is 0.275 e. The van der Waals surface area contributed by atoms with E-state index >= 15 is 0 Å². The average Bonchev–Trinajstić information content (AvgIpc) is 2.61. The molecule has 0 bridgehead atoms. The molecule has 0 fully saturated rings. The van der Waals surface area contributed by atoms with Gasteiger partial charge in [-0.25, -0.2) is 9.97 Å². The molecule has 2 N–H and O–H groups in total. The molecule has 0 aliphatic carbocycles. The van der Waals surface area contributed by atoms with E-state index in [1.165, 1.54) is 20.3 Å². The number of aliphatic hydroxyl groups excluding tert-OH is 1. The lowest BCUT2D eigenvalue weighted by Gasteiger charge is -2.09. The molecule has 0 unspecified atom stereocenters. The number of fused-ring (bicyclic) bond motifs is 1. The molecule has 24 heavy (non-hydrogen) atoms. The normalized spacial score (nSPS) is 11.5. The lowest BCUT2D eigenvalue weighted by atomic mass is 10.1. The molecule has 0 saturated heterocycles. The van der Waals surface area contributed by atoms with Gasteiger partial charge in [0, 0.05) is 17.8 Å². The van der Waals surface area contributed by atoms with Crippen molar-refractivity contribution in [3.05, 3.63) is 58.1 Å². The van der Waals surface area contributed by atoms with Gasteiger partial charge in [0.25, 0.3) is 5.56 Å². The third kappa shape index (κ3) is 2.91. The molecule has 2 aromatic heterocycles. The fourth-order valence-corrected chi connectivity index (χ4v) is 2.24. The summed E-state index contributed by atoms with van der Waals surface area (Å²) in [6.07, 6.45) is 2.86. The molecule has 0 saturated carbocycles. The van der Waals surface area contributed by atoms with E-state index in [-0.39, 0.29) is 11.5 Å². The maximum atomic E-state index is 12.1. The first-order chi connectivity index (χ1) is 11.6. The van der Waals surface area contributed by atoms with E-state index in [2.05, 4.69) is 15.0 Å². The van der Waals surface area contributed by atoms with Gasteiger partial charge in [-0.05, 0) is 30.3 Å². The van der Waals surface area contributed by atoms with E-state index in [9.17, 15) is 9.90 Å². The first-order valence-corrected chi connectivity index (χ1v) is 7.10. The van der Waals surface area contributed by atoms with E-state index in [0.717, 1.165) is 0 Å². The number of rotatable bonds is 4. The third-order valence-electron chi connectivity index (χ3n) is 3.44. The Balaban J connectivity index is 2.05. The smallest absolute Gasteiger partial charge is 0.275 e. The summed E-state index contributed by atoms with van der Waals surface area (Å²) in [4.78, 5) is 22.9. The second-order valence-corrected chi connectivity index (χ2v) is 4.92. The van der Waals surface area contributed by atoms with E-state index < -0.39 is 5.56 Å². The number of aromatic nitrogens is 3. The first-order valence-electron chi connectivity index (χ1n) is 7.10. The summed E-state index contributed by atoms with van der Waals surface area (Å²) in [6, 6.07) is 8.38. The number of nitrogens with zero attached hydrogens (tertiary/aromatic N) is 2. The summed E-state index contributed by atoms with van der Waals surface area (Å²) < 4.78 is 10.4. The molecule has 0 aliphatic rings. The minimum absolute atomic E-state index is 0.0859. The maximum absolute atomic E-state index is 12.1. The largest absolute Gasteiger partial charge is 0.507 e. The van der Waals surface area contributed by atoms with E-state index in [0.29, 0.717) is 28.2 Å². The topological polar surface area (TPSA) is 97.3 Å². The molecule has 0 aliphatic heterocycles. The standard InChI is InChI=1S/C17H15N3O4/c1-23-14-6-5-10(8-15(14)24-2)13(21)9-12-17(22)20-16-11(19-12)4-3-7-18-16/h3-9,21H,1-2H3,(H,18,20,22)/b13-9-. The average molecular weight is 325 g/mol. The summed E-state index contributed by atoms with van der Waals surface area (Å²) in [7, 11) is 3.03. The van der Waals surface area contributed by atoms with Crippen molar-refractivity contribution in [2.24, 2.45) is 0 Å². The molecule has 1 aromatic carbocycles. The molecular weight excluding hydrogens is 310 g/mol. The van der Waals surface area contributed by atoms with Crippen LogP contribution in [0, 0.1) is 0 Å². The lowest BCUT2D eigenvalue weighted by Crippen LogP contribution is -2.12. The summed E-state index contributed by atoms with van der Waals surface area (Å²) in [5.74, 6) is 0.901. The number of hydrogen-bond donors (Lipinski definition) is 2. The first kappa shape index (κ1) is 15.5. The number of aliphatic hydroxyl groups is 1. The van der Waals surface area contributed by atoms with Gasteiger partial charge in [-0.3, -0.25) is 4.79 Å². The number of ether oxygens (including phenoxy) is 2. The van der Waals surface area contributed by atoms with Crippen LogP contribution < -0.4 is 15.0 Å². The molecule has 3 aromatic rings. The Morgan fingerprint density at radius 1 is 1.21 bits per heavy atom. The fraction of sp³-hybridized carbons (Fsp3) is 0.118. The van der Waals surface area contributed by atoms with Gasteiger partial charge in [0.2, 0.25) is 0 Å². The predicted molar refractivity (Wildman–Crippen MR) is 90.2 cm³/mol. The molecular formula is C17H15N3O4. The number of hydrogen-bond acceptors (Lipinski definition) is 6. The zero-order valence-electron chi connectivity index (χ0n) is 13.1. The summed E-state index contributed by atoms with van der Waals surface area (Å²) >= 11 is 0. The van der Waals surface area contributed by atoms with Gasteiger partial charge in [0.15, 0.2) is 17.1 Å². The van der Waals surface area contributed by atoms with Crippen molar-refractivity contribution in [1.29, 1.82) is 0 Å². The van der Waals surface area contributed by atoms with E-state index in [1.807, 2.05) is 0 Å². The van der Waals surface area contributed by atoms with Crippen LogP contribution in [0.3, 0.4) is 0 Å². The van der Waals surface area contributed by atoms with E-state index in [1.54, 1.807) is 36.5 Å². The third-order valence-corrected chi connectivity index (χ3v) is 3.44. The van der Waals surface area contributed by atoms with Crippen molar-refractivity contribution in [3.8, 4) is 11.5 Å². The van der Waals surface area contributed by atoms with Crippen molar-refractivity contribution in [2.45, 2.75) is 0 Å². The van der Waals surface area contributed by atoms with Crippen LogP contribution in [-0.4, -0.2) is 34.3 Å². The molecule has 7 nitrogen and oxygen atoms in total. The molecule has 7 heteroatoms. The predicted octanol–water partition coefficient (Wildman–Crippen LogP) is 2.39. The van der Waals surface area contributed by atoms with Gasteiger partial charge >= 0.3 is 0 Å². The van der Waals surface area contributed by atoms with Gasteiger partial charge in [-0.2, -0.15) is 0 Å². The Hall–Kier alpha value is -3.35. The number of pyridine rings is 1. The summed E-state index contributed by atoms with van der Waals surface area (Å²) in [5.41, 5.74) is 1.05. The molecule has 0 radical (unpaired) electrons. The Labute approximate surface area is 137 Å². The highest BCUT2D eigenvalue weighted by Gasteiger charge is 2.09.